The van der Waals surface area contributed by atoms with Crippen LogP contribution in [0.4, 0.5) is 0 Å². The van der Waals surface area contributed by atoms with Crippen LogP contribution in [0.3, 0.4) is 0 Å². The molecular weight excluding hydrogens is 444 g/mol. The Balaban J connectivity index is 1.61. The van der Waals surface area contributed by atoms with Crippen molar-refractivity contribution >= 4 is 11.8 Å². The molecule has 1 N–H and O–H groups in total. The van der Waals surface area contributed by atoms with Crippen LogP contribution in [0, 0.1) is 0 Å². The van der Waals surface area contributed by atoms with Gasteiger partial charge in [0.1, 0.15) is 17.0 Å². The van der Waals surface area contributed by atoms with Crippen LogP contribution in [-0.4, -0.2) is 58.9 Å². The van der Waals surface area contributed by atoms with Gasteiger partial charge in [-0.2, -0.15) is 5.10 Å². The molecule has 0 bridgehead atoms. The van der Waals surface area contributed by atoms with Gasteiger partial charge in [-0.1, -0.05) is 48.5 Å². The van der Waals surface area contributed by atoms with E-state index in [9.17, 15) is 9.59 Å². The van der Waals surface area contributed by atoms with E-state index in [0.29, 0.717) is 49.9 Å². The number of carbonyl (C=O) groups excluding carboxylic acids is 2. The summed E-state index contributed by atoms with van der Waals surface area (Å²) in [5.41, 5.74) is 1.87. The summed E-state index contributed by atoms with van der Waals surface area (Å²) < 4.78 is 12.5. The lowest BCUT2D eigenvalue weighted by Gasteiger charge is -2.43. The number of nitrogens with zero attached hydrogens (tertiary/aromatic N) is 3. The van der Waals surface area contributed by atoms with Crippen molar-refractivity contribution in [3.63, 3.8) is 0 Å². The Morgan fingerprint density at radius 2 is 1.89 bits per heavy atom. The summed E-state index contributed by atoms with van der Waals surface area (Å²) in [7, 11) is 1.60. The van der Waals surface area contributed by atoms with Crippen molar-refractivity contribution in [3.05, 3.63) is 71.9 Å². The largest absolute Gasteiger partial charge is 0.496 e. The van der Waals surface area contributed by atoms with E-state index in [4.69, 9.17) is 9.47 Å². The lowest BCUT2D eigenvalue weighted by atomic mass is 9.94. The van der Waals surface area contributed by atoms with Crippen molar-refractivity contribution < 1.29 is 19.1 Å². The first kappa shape index (κ1) is 24.5. The molecule has 1 atom stereocenters. The predicted molar refractivity (Wildman–Crippen MR) is 133 cm³/mol. The normalized spacial score (nSPS) is 17.2. The monoisotopic (exact) mass is 476 g/mol. The fraction of sp³-hybridized carbons (Fsp3) is 0.370. The van der Waals surface area contributed by atoms with Crippen molar-refractivity contribution in [1.82, 2.24) is 20.0 Å². The predicted octanol–water partition coefficient (Wildman–Crippen LogP) is 3.52. The molecule has 3 aromatic rings. The Morgan fingerprint density at radius 1 is 1.14 bits per heavy atom. The van der Waals surface area contributed by atoms with Gasteiger partial charge in [0.05, 0.1) is 19.3 Å². The molecule has 35 heavy (non-hydrogen) atoms. The molecule has 4 rings (SSSR count). The molecule has 2 amide bonds. The number of benzene rings is 2. The topological polar surface area (TPSA) is 85.7 Å². The lowest BCUT2D eigenvalue weighted by molar-refractivity contribution is -0.133. The van der Waals surface area contributed by atoms with Gasteiger partial charge in [-0.15, -0.1) is 0 Å². The van der Waals surface area contributed by atoms with Crippen LogP contribution < -0.4 is 10.1 Å². The van der Waals surface area contributed by atoms with Gasteiger partial charge in [0.25, 0.3) is 5.91 Å². The van der Waals surface area contributed by atoms with E-state index in [1.54, 1.807) is 29.7 Å². The molecule has 1 aromatic heterocycles. The smallest absolute Gasteiger partial charge is 0.273 e. The van der Waals surface area contributed by atoms with Gasteiger partial charge < -0.3 is 19.7 Å². The van der Waals surface area contributed by atoms with Crippen molar-refractivity contribution in [1.29, 1.82) is 0 Å². The van der Waals surface area contributed by atoms with E-state index in [0.717, 1.165) is 11.1 Å². The average molecular weight is 477 g/mol. The summed E-state index contributed by atoms with van der Waals surface area (Å²) >= 11 is 0. The van der Waals surface area contributed by atoms with Crippen molar-refractivity contribution in [2.75, 3.05) is 26.9 Å². The Labute approximate surface area is 205 Å². The number of nitrogens with one attached hydrogen (secondary N) is 1. The van der Waals surface area contributed by atoms with Crippen molar-refractivity contribution in [3.8, 4) is 17.0 Å². The first-order valence-corrected chi connectivity index (χ1v) is 11.9. The number of fused-ring (bicyclic) bond motifs is 1. The number of amides is 2. The highest BCUT2D eigenvalue weighted by Crippen LogP contribution is 2.30. The van der Waals surface area contributed by atoms with E-state index in [2.05, 4.69) is 10.4 Å². The van der Waals surface area contributed by atoms with Crippen molar-refractivity contribution in [2.24, 2.45) is 0 Å². The highest BCUT2D eigenvalue weighted by molar-refractivity contribution is 6.00. The number of para-hydroxylation sites is 1. The van der Waals surface area contributed by atoms with Crippen LogP contribution in [-0.2, 0) is 22.6 Å². The van der Waals surface area contributed by atoms with Gasteiger partial charge >= 0.3 is 0 Å². The molecular formula is C27H32N4O4. The molecule has 0 saturated carbocycles. The van der Waals surface area contributed by atoms with Crippen LogP contribution >= 0.6 is 0 Å². The van der Waals surface area contributed by atoms with Gasteiger partial charge in [0.15, 0.2) is 0 Å². The number of rotatable bonds is 10. The average Bonchev–Trinajstić information content (AvgIpc) is 3.31. The minimum atomic E-state index is -1.11. The maximum atomic E-state index is 13.6. The first-order valence-electron chi connectivity index (χ1n) is 11.9. The number of ether oxygens (including phenoxy) is 2. The second-order valence-electron chi connectivity index (χ2n) is 8.71. The van der Waals surface area contributed by atoms with Gasteiger partial charge in [-0.05, 0) is 32.4 Å². The standard InChI is InChI=1S/C27H32N4O4/c1-4-35-16-10-15-30-25(32)23-17-22(20-11-6-5-7-12-20)29-31(23)19-27(30,2)26(33)28-18-21-13-8-9-14-24(21)34-3/h5-9,11-14,17H,4,10,15-16,18-19H2,1-3H3,(H,28,33)/t27-/m0/s1. The zero-order chi connectivity index (χ0) is 24.8. The number of hydrogen-bond donors (Lipinski definition) is 1. The molecule has 0 spiro atoms. The molecule has 1 aliphatic heterocycles. The van der Waals surface area contributed by atoms with Gasteiger partial charge in [0.2, 0.25) is 5.91 Å². The van der Waals surface area contributed by atoms with Crippen LogP contribution in [0.5, 0.6) is 5.75 Å². The van der Waals surface area contributed by atoms with Crippen LogP contribution in [0.15, 0.2) is 60.7 Å². The molecule has 0 aliphatic carbocycles. The zero-order valence-corrected chi connectivity index (χ0v) is 20.5. The lowest BCUT2D eigenvalue weighted by Crippen LogP contribution is -2.64. The van der Waals surface area contributed by atoms with Gasteiger partial charge in [-0.3, -0.25) is 14.3 Å². The zero-order valence-electron chi connectivity index (χ0n) is 20.5. The summed E-state index contributed by atoms with van der Waals surface area (Å²) in [5.74, 6) is 0.251. The van der Waals surface area contributed by atoms with Gasteiger partial charge in [-0.25, -0.2) is 0 Å². The summed E-state index contributed by atoms with van der Waals surface area (Å²) in [6, 6.07) is 19.1. The van der Waals surface area contributed by atoms with Crippen LogP contribution in [0.1, 0.15) is 36.3 Å². The third-order valence-electron chi connectivity index (χ3n) is 6.36. The summed E-state index contributed by atoms with van der Waals surface area (Å²) in [4.78, 5) is 28.9. The number of carbonyl (C=O) groups is 2. The summed E-state index contributed by atoms with van der Waals surface area (Å²) in [6.45, 7) is 5.82. The minimum Gasteiger partial charge on any atom is -0.496 e. The maximum Gasteiger partial charge on any atom is 0.273 e. The molecule has 0 unspecified atom stereocenters. The molecule has 0 fully saturated rings. The number of aromatic nitrogens is 2. The molecule has 184 valence electrons. The first-order chi connectivity index (χ1) is 17.0. The fourth-order valence-corrected chi connectivity index (χ4v) is 4.43. The fourth-order valence-electron chi connectivity index (χ4n) is 4.43. The second kappa shape index (κ2) is 10.7. The SMILES string of the molecule is CCOCCCN1C(=O)c2cc(-c3ccccc3)nn2C[C@@]1(C)C(=O)NCc1ccccc1OC. The molecule has 0 radical (unpaired) electrons. The quantitative estimate of drug-likeness (QED) is 0.453. The minimum absolute atomic E-state index is 0.211. The molecule has 1 aliphatic rings. The molecule has 2 heterocycles. The molecule has 8 nitrogen and oxygen atoms in total. The van der Waals surface area contributed by atoms with E-state index in [1.807, 2.05) is 61.5 Å². The Hall–Kier alpha value is -3.65. The highest BCUT2D eigenvalue weighted by Gasteiger charge is 2.47. The third kappa shape index (κ3) is 5.07. The van der Waals surface area contributed by atoms with Crippen LogP contribution in [0.25, 0.3) is 11.3 Å². The third-order valence-corrected chi connectivity index (χ3v) is 6.36. The molecule has 0 saturated heterocycles. The van der Waals surface area contributed by atoms with Gasteiger partial charge in [0, 0.05) is 37.4 Å². The number of hydrogen-bond acceptors (Lipinski definition) is 5. The Bertz CT molecular complexity index is 1180. The van der Waals surface area contributed by atoms with Crippen LogP contribution in [0.2, 0.25) is 0 Å². The Kier molecular flexibility index (Phi) is 7.51. The number of methoxy groups -OCH3 is 1. The summed E-state index contributed by atoms with van der Waals surface area (Å²) in [5, 5.41) is 7.70. The molecule has 8 heteroatoms. The second-order valence-corrected chi connectivity index (χ2v) is 8.71. The molecule has 2 aromatic carbocycles. The maximum absolute atomic E-state index is 13.6. The Morgan fingerprint density at radius 3 is 2.63 bits per heavy atom. The summed E-state index contributed by atoms with van der Waals surface area (Å²) in [6.07, 6.45) is 0.634. The van der Waals surface area contributed by atoms with E-state index < -0.39 is 5.54 Å². The highest BCUT2D eigenvalue weighted by atomic mass is 16.5. The van der Waals surface area contributed by atoms with E-state index in [1.165, 1.54) is 0 Å². The van der Waals surface area contributed by atoms with E-state index in [-0.39, 0.29) is 18.4 Å². The van der Waals surface area contributed by atoms with E-state index >= 15 is 0 Å². The van der Waals surface area contributed by atoms with Crippen molar-refractivity contribution in [2.45, 2.75) is 38.9 Å².